The van der Waals surface area contributed by atoms with Gasteiger partial charge in [0, 0.05) is 29.6 Å². The van der Waals surface area contributed by atoms with Crippen molar-refractivity contribution in [1.29, 1.82) is 0 Å². The van der Waals surface area contributed by atoms with Crippen LogP contribution in [-0.4, -0.2) is 21.9 Å². The van der Waals surface area contributed by atoms with Crippen LogP contribution < -0.4 is 11.1 Å². The van der Waals surface area contributed by atoms with Crippen LogP contribution in [0.3, 0.4) is 0 Å². The van der Waals surface area contributed by atoms with E-state index in [1.807, 2.05) is 0 Å². The predicted octanol–water partition coefficient (Wildman–Crippen LogP) is 3.11. The van der Waals surface area contributed by atoms with Crippen LogP contribution in [0.4, 0.5) is 0 Å². The minimum absolute atomic E-state index is 0.0255. The van der Waals surface area contributed by atoms with Crippen molar-refractivity contribution in [2.24, 2.45) is 5.73 Å². The number of halogens is 1. The number of benzene rings is 2. The summed E-state index contributed by atoms with van der Waals surface area (Å²) in [6.07, 6.45) is 1.96. The number of phenols is 1. The number of aromatic nitrogens is 1. The fourth-order valence-corrected chi connectivity index (χ4v) is 3.27. The Morgan fingerprint density at radius 2 is 1.96 bits per heavy atom. The summed E-state index contributed by atoms with van der Waals surface area (Å²) in [5.74, 6) is -0.780. The average molecular weight is 384 g/mol. The molecule has 1 atom stereocenters. The van der Waals surface area contributed by atoms with Crippen molar-refractivity contribution >= 4 is 34.3 Å². The number of phenolic OH excluding ortho intramolecular Hbond substituents is 1. The molecule has 0 bridgehead atoms. The van der Waals surface area contributed by atoms with Crippen LogP contribution >= 0.6 is 11.6 Å². The highest BCUT2D eigenvalue weighted by Gasteiger charge is 2.21. The first-order chi connectivity index (χ1) is 12.9. The van der Waals surface area contributed by atoms with Crippen LogP contribution in [0.1, 0.15) is 34.5 Å². The highest BCUT2D eigenvalue weighted by atomic mass is 35.5. The zero-order chi connectivity index (χ0) is 19.6. The van der Waals surface area contributed by atoms with Crippen LogP contribution in [0.25, 0.3) is 10.9 Å². The van der Waals surface area contributed by atoms with E-state index in [0.29, 0.717) is 33.5 Å². The third-order valence-electron chi connectivity index (χ3n) is 4.28. The van der Waals surface area contributed by atoms with Crippen LogP contribution in [0.5, 0.6) is 5.75 Å². The van der Waals surface area contributed by atoms with Gasteiger partial charge in [0.15, 0.2) is 0 Å². The van der Waals surface area contributed by atoms with Gasteiger partial charge in [-0.15, -0.1) is 0 Å². The molecule has 27 heavy (non-hydrogen) atoms. The number of carbonyl (C=O) groups excluding carboxylic acids is 2. The molecule has 0 aliphatic heterocycles. The molecule has 2 amide bonds. The molecule has 1 aromatic heterocycles. The Morgan fingerprint density at radius 3 is 2.59 bits per heavy atom. The van der Waals surface area contributed by atoms with Crippen molar-refractivity contribution in [3.05, 3.63) is 70.4 Å². The monoisotopic (exact) mass is 383 g/mol. The largest absolute Gasteiger partial charge is 0.505 e. The first-order valence-corrected chi connectivity index (χ1v) is 8.66. The van der Waals surface area contributed by atoms with Gasteiger partial charge >= 0.3 is 0 Å². The molecule has 1 heterocycles. The van der Waals surface area contributed by atoms with E-state index in [-0.39, 0.29) is 11.7 Å². The number of rotatable bonds is 5. The van der Waals surface area contributed by atoms with E-state index >= 15 is 0 Å². The number of primary amides is 1. The van der Waals surface area contributed by atoms with Gasteiger partial charge in [-0.25, -0.2) is 0 Å². The zero-order valence-corrected chi connectivity index (χ0v) is 15.3. The molecule has 3 rings (SSSR count). The summed E-state index contributed by atoms with van der Waals surface area (Å²) in [4.78, 5) is 27.1. The normalized spacial score (nSPS) is 11.9. The summed E-state index contributed by atoms with van der Waals surface area (Å²) < 4.78 is 0. The van der Waals surface area contributed by atoms with Crippen LogP contribution in [-0.2, 0) is 11.2 Å². The Morgan fingerprint density at radius 1 is 1.26 bits per heavy atom. The summed E-state index contributed by atoms with van der Waals surface area (Å²) in [6, 6.07) is 11.4. The molecule has 7 heteroatoms. The van der Waals surface area contributed by atoms with Gasteiger partial charge in [0.2, 0.25) is 11.8 Å². The molecule has 0 aliphatic carbocycles. The maximum atomic E-state index is 11.7. The van der Waals surface area contributed by atoms with Gasteiger partial charge < -0.3 is 16.2 Å². The quantitative estimate of drug-likeness (QED) is 0.629. The lowest BCUT2D eigenvalue weighted by Gasteiger charge is -2.21. The van der Waals surface area contributed by atoms with Crippen molar-refractivity contribution in [1.82, 2.24) is 10.3 Å². The van der Waals surface area contributed by atoms with Gasteiger partial charge in [0.05, 0.1) is 11.1 Å². The lowest BCUT2D eigenvalue weighted by Crippen LogP contribution is -2.28. The maximum Gasteiger partial charge on any atom is 0.248 e. The molecule has 0 radical (unpaired) electrons. The van der Waals surface area contributed by atoms with Crippen molar-refractivity contribution < 1.29 is 14.7 Å². The Labute approximate surface area is 161 Å². The topological polar surface area (TPSA) is 105 Å². The third kappa shape index (κ3) is 4.01. The van der Waals surface area contributed by atoms with Gasteiger partial charge in [-0.1, -0.05) is 23.7 Å². The number of nitrogens with two attached hydrogens (primary N) is 1. The molecule has 0 aliphatic rings. The average Bonchev–Trinajstić information content (AvgIpc) is 2.64. The number of nitrogens with one attached hydrogen (secondary N) is 1. The molecule has 3 aromatic rings. The standard InChI is InChI=1S/C20H18ClN3O3/c1-11(25)24-17(9-12-4-6-13(7-5-12)20(22)27)15-10-16(21)14-3-2-8-23-18(14)19(15)26/h2-8,10,17,26H,9H2,1H3,(H2,22,27)(H,24,25). The highest BCUT2D eigenvalue weighted by molar-refractivity contribution is 6.35. The second-order valence-electron chi connectivity index (χ2n) is 6.21. The smallest absolute Gasteiger partial charge is 0.248 e. The van der Waals surface area contributed by atoms with Crippen LogP contribution in [0.15, 0.2) is 48.7 Å². The Kier molecular flexibility index (Phi) is 5.28. The predicted molar refractivity (Wildman–Crippen MR) is 104 cm³/mol. The third-order valence-corrected chi connectivity index (χ3v) is 4.59. The summed E-state index contributed by atoms with van der Waals surface area (Å²) in [5, 5.41) is 14.6. The summed E-state index contributed by atoms with van der Waals surface area (Å²) in [5.41, 5.74) is 7.36. The SMILES string of the molecule is CC(=O)NC(Cc1ccc(C(N)=O)cc1)c1cc(Cl)c2cccnc2c1O. The van der Waals surface area contributed by atoms with E-state index in [1.54, 1.807) is 48.7 Å². The fourth-order valence-electron chi connectivity index (χ4n) is 3.00. The van der Waals surface area contributed by atoms with Crippen molar-refractivity contribution in [2.45, 2.75) is 19.4 Å². The lowest BCUT2D eigenvalue weighted by molar-refractivity contribution is -0.119. The number of aromatic hydroxyl groups is 1. The number of pyridine rings is 1. The number of nitrogens with zero attached hydrogens (tertiary/aromatic N) is 1. The number of carbonyl (C=O) groups is 2. The van der Waals surface area contributed by atoms with E-state index in [9.17, 15) is 14.7 Å². The number of hydrogen-bond acceptors (Lipinski definition) is 4. The van der Waals surface area contributed by atoms with Crippen molar-refractivity contribution in [3.63, 3.8) is 0 Å². The van der Waals surface area contributed by atoms with Gasteiger partial charge in [-0.05, 0) is 42.3 Å². The zero-order valence-electron chi connectivity index (χ0n) is 14.6. The van der Waals surface area contributed by atoms with E-state index in [0.717, 1.165) is 5.56 Å². The number of fused-ring (bicyclic) bond motifs is 1. The molecule has 0 saturated carbocycles. The van der Waals surface area contributed by atoms with E-state index < -0.39 is 11.9 Å². The molecular formula is C20H18ClN3O3. The molecule has 4 N–H and O–H groups in total. The lowest BCUT2D eigenvalue weighted by atomic mass is 9.96. The Bertz CT molecular complexity index is 1020. The molecule has 0 spiro atoms. The van der Waals surface area contributed by atoms with Gasteiger partial charge in [-0.2, -0.15) is 0 Å². The van der Waals surface area contributed by atoms with Gasteiger partial charge in [0.25, 0.3) is 0 Å². The minimum Gasteiger partial charge on any atom is -0.505 e. The molecule has 6 nitrogen and oxygen atoms in total. The second-order valence-corrected chi connectivity index (χ2v) is 6.62. The van der Waals surface area contributed by atoms with Crippen molar-refractivity contribution in [3.8, 4) is 5.75 Å². The highest BCUT2D eigenvalue weighted by Crippen LogP contribution is 2.37. The van der Waals surface area contributed by atoms with E-state index in [1.165, 1.54) is 6.92 Å². The first kappa shape index (κ1) is 18.7. The minimum atomic E-state index is -0.522. The molecule has 138 valence electrons. The van der Waals surface area contributed by atoms with Gasteiger partial charge in [-0.3, -0.25) is 14.6 Å². The maximum absolute atomic E-state index is 11.7. The van der Waals surface area contributed by atoms with Crippen molar-refractivity contribution in [2.75, 3.05) is 0 Å². The second kappa shape index (κ2) is 7.63. The summed E-state index contributed by atoms with van der Waals surface area (Å²) >= 11 is 6.36. The molecular weight excluding hydrogens is 366 g/mol. The Hall–Kier alpha value is -3.12. The van der Waals surface area contributed by atoms with Crippen LogP contribution in [0.2, 0.25) is 5.02 Å². The summed E-state index contributed by atoms with van der Waals surface area (Å²) in [6.45, 7) is 1.40. The van der Waals surface area contributed by atoms with E-state index in [4.69, 9.17) is 17.3 Å². The number of amides is 2. The first-order valence-electron chi connectivity index (χ1n) is 8.28. The summed E-state index contributed by atoms with van der Waals surface area (Å²) in [7, 11) is 0. The van der Waals surface area contributed by atoms with E-state index in [2.05, 4.69) is 10.3 Å². The number of hydrogen-bond donors (Lipinski definition) is 3. The van der Waals surface area contributed by atoms with Gasteiger partial charge in [0.1, 0.15) is 11.3 Å². The van der Waals surface area contributed by atoms with Crippen LogP contribution in [0, 0.1) is 0 Å². The Balaban J connectivity index is 2.02. The molecule has 1 unspecified atom stereocenters. The molecule has 2 aromatic carbocycles. The molecule has 0 saturated heterocycles. The molecule has 0 fully saturated rings. The fraction of sp³-hybridized carbons (Fsp3) is 0.150.